The van der Waals surface area contributed by atoms with E-state index in [0.717, 1.165) is 14.7 Å². The van der Waals surface area contributed by atoms with Crippen molar-refractivity contribution in [3.63, 3.8) is 0 Å². The van der Waals surface area contributed by atoms with E-state index in [4.69, 9.17) is 0 Å². The Hall–Kier alpha value is -0.420. The van der Waals surface area contributed by atoms with Crippen molar-refractivity contribution in [1.29, 1.82) is 0 Å². The molecule has 10 heavy (non-hydrogen) atoms. The van der Waals surface area contributed by atoms with E-state index in [2.05, 4.69) is 6.92 Å². The van der Waals surface area contributed by atoms with Crippen molar-refractivity contribution in [2.75, 3.05) is 6.16 Å². The number of rotatable bonds is 2. The van der Waals surface area contributed by atoms with Crippen molar-refractivity contribution in [3.05, 3.63) is 30.1 Å². The summed E-state index contributed by atoms with van der Waals surface area (Å²) in [6.07, 6.45) is 1.14. The molecule has 1 rings (SSSR count). The minimum absolute atomic E-state index is 0.148. The van der Waals surface area contributed by atoms with Gasteiger partial charge in [0.2, 0.25) is 0 Å². The highest BCUT2D eigenvalue weighted by Crippen LogP contribution is 2.08. The maximum absolute atomic E-state index is 12.3. The normalized spacial score (nSPS) is 11.0. The molecule has 0 radical (unpaired) electrons. The Balaban J connectivity index is 2.69. The fourth-order valence-electron chi connectivity index (χ4n) is 0.772. The lowest BCUT2D eigenvalue weighted by Crippen LogP contribution is -1.92. The Morgan fingerprint density at radius 1 is 1.30 bits per heavy atom. The van der Waals surface area contributed by atoms with Gasteiger partial charge in [0.25, 0.3) is 0 Å². The molecule has 0 N–H and O–H groups in total. The van der Waals surface area contributed by atoms with Crippen molar-refractivity contribution in [3.8, 4) is 0 Å². The predicted molar refractivity (Wildman–Crippen MR) is 44.9 cm³/mol. The lowest BCUT2D eigenvalue weighted by Gasteiger charge is -1.95. The summed E-state index contributed by atoms with van der Waals surface area (Å²) in [7, 11) is 0.817. The second kappa shape index (κ2) is 3.68. The Labute approximate surface area is 62.2 Å². The first-order valence-electron chi connectivity index (χ1n) is 3.32. The summed E-state index contributed by atoms with van der Waals surface area (Å²) in [5.74, 6) is -0.148. The fourth-order valence-corrected chi connectivity index (χ4v) is 1.58. The summed E-state index contributed by atoms with van der Waals surface area (Å²) in [6, 6.07) is 6.71. The van der Waals surface area contributed by atoms with Crippen LogP contribution in [0.3, 0.4) is 0 Å². The molecule has 0 amide bonds. The topological polar surface area (TPSA) is 0 Å². The quantitative estimate of drug-likeness (QED) is 0.575. The molecule has 0 saturated heterocycles. The van der Waals surface area contributed by atoms with Gasteiger partial charge in [-0.3, -0.25) is 0 Å². The molecule has 0 fully saturated rings. The summed E-state index contributed by atoms with van der Waals surface area (Å²) in [5, 5.41) is 1.24. The van der Waals surface area contributed by atoms with Gasteiger partial charge in [0.15, 0.2) is 0 Å². The molecular formula is C8H10FP. The van der Waals surface area contributed by atoms with Crippen LogP contribution in [0, 0.1) is 5.82 Å². The van der Waals surface area contributed by atoms with Gasteiger partial charge in [0.05, 0.1) is 0 Å². The van der Waals surface area contributed by atoms with Crippen LogP contribution in [0.25, 0.3) is 0 Å². The van der Waals surface area contributed by atoms with Crippen molar-refractivity contribution >= 4 is 13.9 Å². The van der Waals surface area contributed by atoms with Crippen molar-refractivity contribution in [2.45, 2.75) is 6.92 Å². The molecule has 0 aliphatic heterocycles. The van der Waals surface area contributed by atoms with Gasteiger partial charge in [-0.05, 0) is 23.6 Å². The zero-order valence-corrected chi connectivity index (χ0v) is 6.89. The lowest BCUT2D eigenvalue weighted by molar-refractivity contribution is 0.628. The Bertz CT molecular complexity index is 193. The lowest BCUT2D eigenvalue weighted by atomic mass is 10.4. The Morgan fingerprint density at radius 2 is 1.90 bits per heavy atom. The fraction of sp³-hybridized carbons (Fsp3) is 0.250. The van der Waals surface area contributed by atoms with Gasteiger partial charge in [-0.1, -0.05) is 27.6 Å². The first-order chi connectivity index (χ1) is 4.83. The summed E-state index contributed by atoms with van der Waals surface area (Å²) in [4.78, 5) is 0. The van der Waals surface area contributed by atoms with Crippen LogP contribution in [0.4, 0.5) is 4.39 Å². The van der Waals surface area contributed by atoms with E-state index in [1.807, 2.05) is 12.1 Å². The van der Waals surface area contributed by atoms with E-state index in [9.17, 15) is 4.39 Å². The molecule has 1 atom stereocenters. The van der Waals surface area contributed by atoms with Crippen LogP contribution in [0.1, 0.15) is 6.92 Å². The molecule has 0 saturated carbocycles. The highest BCUT2D eigenvalue weighted by atomic mass is 31.1. The minimum atomic E-state index is -0.148. The van der Waals surface area contributed by atoms with Crippen molar-refractivity contribution in [2.24, 2.45) is 0 Å². The number of hydrogen-bond donors (Lipinski definition) is 0. The van der Waals surface area contributed by atoms with Crippen molar-refractivity contribution < 1.29 is 4.39 Å². The zero-order valence-electron chi connectivity index (χ0n) is 5.89. The third kappa shape index (κ3) is 2.07. The Morgan fingerprint density at radius 3 is 2.40 bits per heavy atom. The average Bonchev–Trinajstić information content (AvgIpc) is 1.95. The average molecular weight is 156 g/mol. The van der Waals surface area contributed by atoms with Crippen LogP contribution in [0.2, 0.25) is 0 Å². The summed E-state index contributed by atoms with van der Waals surface area (Å²) in [5.41, 5.74) is 0. The predicted octanol–water partition coefficient (Wildman–Crippen LogP) is 2.15. The monoisotopic (exact) mass is 156 g/mol. The standard InChI is InChI=1S/C8H10FP/c1-2-10-8-5-3-7(9)4-6-8/h3-6,10H,2H2,1H3. The van der Waals surface area contributed by atoms with Gasteiger partial charge in [0, 0.05) is 0 Å². The largest absolute Gasteiger partial charge is 0.207 e. The van der Waals surface area contributed by atoms with Crippen LogP contribution in [0.5, 0.6) is 0 Å². The highest BCUT2D eigenvalue weighted by molar-refractivity contribution is 7.47. The van der Waals surface area contributed by atoms with Crippen LogP contribution < -0.4 is 5.30 Å². The van der Waals surface area contributed by atoms with E-state index in [1.54, 1.807) is 0 Å². The molecule has 0 heterocycles. The second-order valence-corrected chi connectivity index (χ2v) is 3.68. The molecule has 0 spiro atoms. The van der Waals surface area contributed by atoms with Crippen LogP contribution in [-0.4, -0.2) is 6.16 Å². The van der Waals surface area contributed by atoms with E-state index in [1.165, 1.54) is 17.4 Å². The van der Waals surface area contributed by atoms with E-state index in [-0.39, 0.29) is 5.82 Å². The molecule has 0 nitrogen and oxygen atoms in total. The Kier molecular flexibility index (Phi) is 2.82. The minimum Gasteiger partial charge on any atom is -0.207 e. The number of benzene rings is 1. The SMILES string of the molecule is CCPc1ccc(F)cc1. The first kappa shape index (κ1) is 7.68. The smallest absolute Gasteiger partial charge is 0.123 e. The summed E-state index contributed by atoms with van der Waals surface area (Å²) < 4.78 is 12.3. The van der Waals surface area contributed by atoms with Crippen LogP contribution in [-0.2, 0) is 0 Å². The number of halogens is 1. The molecule has 0 aromatic heterocycles. The molecule has 0 aliphatic carbocycles. The van der Waals surface area contributed by atoms with Crippen LogP contribution in [0.15, 0.2) is 24.3 Å². The van der Waals surface area contributed by atoms with Gasteiger partial charge in [-0.15, -0.1) is 0 Å². The number of hydrogen-bond acceptors (Lipinski definition) is 0. The van der Waals surface area contributed by atoms with E-state index >= 15 is 0 Å². The third-order valence-electron chi connectivity index (χ3n) is 1.23. The second-order valence-electron chi connectivity index (χ2n) is 2.04. The van der Waals surface area contributed by atoms with Gasteiger partial charge in [-0.25, -0.2) is 4.39 Å². The highest BCUT2D eigenvalue weighted by Gasteiger charge is 1.89. The van der Waals surface area contributed by atoms with Gasteiger partial charge < -0.3 is 0 Å². The van der Waals surface area contributed by atoms with Gasteiger partial charge in [-0.2, -0.15) is 0 Å². The van der Waals surface area contributed by atoms with Crippen LogP contribution >= 0.6 is 8.58 Å². The molecule has 0 aliphatic rings. The van der Waals surface area contributed by atoms with Gasteiger partial charge in [0.1, 0.15) is 5.82 Å². The maximum atomic E-state index is 12.3. The van der Waals surface area contributed by atoms with E-state index < -0.39 is 0 Å². The molecule has 1 unspecified atom stereocenters. The van der Waals surface area contributed by atoms with Gasteiger partial charge >= 0.3 is 0 Å². The third-order valence-corrected chi connectivity index (χ3v) is 2.32. The zero-order chi connectivity index (χ0) is 7.40. The molecule has 1 aromatic carbocycles. The molecule has 2 heteroatoms. The first-order valence-corrected chi connectivity index (χ1v) is 4.53. The molecular weight excluding hydrogens is 146 g/mol. The molecule has 1 aromatic rings. The van der Waals surface area contributed by atoms with Crippen molar-refractivity contribution in [1.82, 2.24) is 0 Å². The molecule has 54 valence electrons. The molecule has 0 bridgehead atoms. The summed E-state index contributed by atoms with van der Waals surface area (Å²) in [6.45, 7) is 2.13. The van der Waals surface area contributed by atoms with E-state index in [0.29, 0.717) is 0 Å². The summed E-state index contributed by atoms with van der Waals surface area (Å²) >= 11 is 0. The maximum Gasteiger partial charge on any atom is 0.123 e.